The first kappa shape index (κ1) is 17.4. The molecular formula is C22H18N2O2S2. The zero-order valence-electron chi connectivity index (χ0n) is 15.1. The summed E-state index contributed by atoms with van der Waals surface area (Å²) in [4.78, 5) is 18.8. The van der Waals surface area contributed by atoms with Crippen molar-refractivity contribution in [2.75, 3.05) is 5.32 Å². The van der Waals surface area contributed by atoms with Crippen LogP contribution in [0.3, 0.4) is 0 Å². The summed E-state index contributed by atoms with van der Waals surface area (Å²) in [5.74, 6) is 0.504. The molecule has 0 saturated carbocycles. The number of carbonyl (C=O) groups excluding carboxylic acids is 1. The molecule has 1 amide bonds. The number of fused-ring (bicyclic) bond motifs is 2. The Kier molecular flexibility index (Phi) is 4.58. The summed E-state index contributed by atoms with van der Waals surface area (Å²) in [6, 6.07) is 11.8. The molecule has 0 radical (unpaired) electrons. The number of carbonyl (C=O) groups is 1. The smallest absolute Gasteiger partial charge is 0.249 e. The van der Waals surface area contributed by atoms with Crippen molar-refractivity contribution < 1.29 is 9.21 Å². The molecule has 1 aromatic carbocycles. The van der Waals surface area contributed by atoms with Crippen LogP contribution in [0.4, 0.5) is 5.00 Å². The number of thiazole rings is 1. The summed E-state index contributed by atoms with van der Waals surface area (Å²) in [7, 11) is 0. The fourth-order valence-electron chi connectivity index (χ4n) is 3.56. The van der Waals surface area contributed by atoms with E-state index in [-0.39, 0.29) is 5.91 Å². The van der Waals surface area contributed by atoms with Crippen molar-refractivity contribution in [2.45, 2.75) is 25.7 Å². The molecule has 6 heteroatoms. The molecule has 1 aliphatic carbocycles. The van der Waals surface area contributed by atoms with E-state index >= 15 is 0 Å². The minimum Gasteiger partial charge on any atom is -0.465 e. The third-order valence-corrected chi connectivity index (χ3v) is 7.12. The van der Waals surface area contributed by atoms with E-state index in [1.807, 2.05) is 24.3 Å². The maximum absolute atomic E-state index is 12.5. The topological polar surface area (TPSA) is 55.1 Å². The number of aryl methyl sites for hydroxylation is 1. The average Bonchev–Trinajstić information content (AvgIpc) is 3.43. The van der Waals surface area contributed by atoms with Gasteiger partial charge in [0, 0.05) is 16.5 Å². The van der Waals surface area contributed by atoms with Crippen molar-refractivity contribution in [3.63, 3.8) is 0 Å². The van der Waals surface area contributed by atoms with E-state index in [1.165, 1.54) is 34.1 Å². The molecule has 1 aliphatic rings. The van der Waals surface area contributed by atoms with Gasteiger partial charge in [0.2, 0.25) is 5.91 Å². The number of rotatable bonds is 4. The fraction of sp³-hybridized carbons (Fsp3) is 0.182. The number of thiophene rings is 1. The Morgan fingerprint density at radius 3 is 2.86 bits per heavy atom. The molecule has 0 aliphatic heterocycles. The van der Waals surface area contributed by atoms with Crippen molar-refractivity contribution in [2.24, 2.45) is 0 Å². The highest BCUT2D eigenvalue weighted by molar-refractivity contribution is 7.22. The molecule has 3 aromatic heterocycles. The Morgan fingerprint density at radius 1 is 1.11 bits per heavy atom. The average molecular weight is 407 g/mol. The molecule has 4 aromatic rings. The first-order valence-corrected chi connectivity index (χ1v) is 10.9. The number of hydrogen-bond acceptors (Lipinski definition) is 5. The van der Waals surface area contributed by atoms with Crippen LogP contribution in [0.25, 0.3) is 26.9 Å². The summed E-state index contributed by atoms with van der Waals surface area (Å²) in [5, 5.41) is 4.99. The molecule has 0 bridgehead atoms. The van der Waals surface area contributed by atoms with Crippen LogP contribution in [0.1, 0.15) is 29.0 Å². The van der Waals surface area contributed by atoms with Gasteiger partial charge >= 0.3 is 0 Å². The Labute approximate surface area is 170 Å². The molecule has 0 atom stereocenters. The lowest BCUT2D eigenvalue weighted by molar-refractivity contribution is -0.111. The van der Waals surface area contributed by atoms with Gasteiger partial charge in [-0.15, -0.1) is 22.7 Å². The molecule has 4 nitrogen and oxygen atoms in total. The number of nitrogens with zero attached hydrogens (tertiary/aromatic N) is 1. The maximum atomic E-state index is 12.5. The van der Waals surface area contributed by atoms with Gasteiger partial charge in [-0.1, -0.05) is 12.1 Å². The second-order valence-corrected chi connectivity index (χ2v) is 8.88. The van der Waals surface area contributed by atoms with Gasteiger partial charge in [0.15, 0.2) is 0 Å². The molecule has 0 fully saturated rings. The number of hydrogen-bond donors (Lipinski definition) is 1. The van der Waals surface area contributed by atoms with Crippen molar-refractivity contribution in [1.29, 1.82) is 0 Å². The highest BCUT2D eigenvalue weighted by atomic mass is 32.1. The van der Waals surface area contributed by atoms with Gasteiger partial charge < -0.3 is 9.73 Å². The maximum Gasteiger partial charge on any atom is 0.249 e. The largest absolute Gasteiger partial charge is 0.465 e. The number of benzene rings is 1. The quantitative estimate of drug-likeness (QED) is 0.414. The third-order valence-electron chi connectivity index (χ3n) is 4.86. The molecular weight excluding hydrogens is 388 g/mol. The van der Waals surface area contributed by atoms with Gasteiger partial charge in [-0.2, -0.15) is 0 Å². The first-order chi connectivity index (χ1) is 13.8. The highest BCUT2D eigenvalue weighted by Crippen LogP contribution is 2.46. The van der Waals surface area contributed by atoms with Gasteiger partial charge in [0.05, 0.1) is 16.5 Å². The van der Waals surface area contributed by atoms with Gasteiger partial charge in [-0.3, -0.25) is 4.79 Å². The molecule has 0 saturated heterocycles. The van der Waals surface area contributed by atoms with Crippen LogP contribution in [0.2, 0.25) is 0 Å². The molecule has 0 spiro atoms. The molecule has 3 heterocycles. The lowest BCUT2D eigenvalue weighted by Gasteiger charge is -2.11. The summed E-state index contributed by atoms with van der Waals surface area (Å²) < 4.78 is 6.42. The number of furan rings is 1. The summed E-state index contributed by atoms with van der Waals surface area (Å²) in [5.41, 5.74) is 3.48. The Bertz CT molecular complexity index is 1140. The zero-order chi connectivity index (χ0) is 18.9. The standard InChI is InChI=1S/C22H18N2O2S2/c25-19(12-11-14-6-5-13-26-14)24-22-20(15-7-1-3-9-17(15)27-22)21-23-16-8-2-4-10-18(16)28-21/h2,4-6,8,10-13H,1,3,7,9H2,(H,24,25)/b12-11+. The van der Waals surface area contributed by atoms with Gasteiger partial charge in [-0.25, -0.2) is 4.98 Å². The van der Waals surface area contributed by atoms with E-state index in [1.54, 1.807) is 41.1 Å². The highest BCUT2D eigenvalue weighted by Gasteiger charge is 2.24. The monoisotopic (exact) mass is 406 g/mol. The summed E-state index contributed by atoms with van der Waals surface area (Å²) in [6.45, 7) is 0. The Balaban J connectivity index is 1.52. The van der Waals surface area contributed by atoms with Crippen LogP contribution in [-0.2, 0) is 17.6 Å². The van der Waals surface area contributed by atoms with E-state index < -0.39 is 0 Å². The van der Waals surface area contributed by atoms with E-state index in [9.17, 15) is 4.79 Å². The minimum absolute atomic E-state index is 0.155. The van der Waals surface area contributed by atoms with Crippen LogP contribution in [-0.4, -0.2) is 10.9 Å². The van der Waals surface area contributed by atoms with Crippen LogP contribution < -0.4 is 5.32 Å². The van der Waals surface area contributed by atoms with Crippen molar-refractivity contribution in [3.8, 4) is 10.6 Å². The third kappa shape index (κ3) is 3.30. The number of para-hydroxylation sites is 1. The number of aromatic nitrogens is 1. The van der Waals surface area contributed by atoms with Crippen LogP contribution in [0.5, 0.6) is 0 Å². The van der Waals surface area contributed by atoms with Gasteiger partial charge in [-0.05, 0) is 61.6 Å². The Hall–Kier alpha value is -2.70. The van der Waals surface area contributed by atoms with Gasteiger partial charge in [0.1, 0.15) is 15.8 Å². The SMILES string of the molecule is O=C(/C=C/c1ccco1)Nc1sc2c(c1-c1nc3ccccc3s1)CCCC2. The lowest BCUT2D eigenvalue weighted by Crippen LogP contribution is -2.07. The predicted octanol–water partition coefficient (Wildman–Crippen LogP) is 6.15. The number of amides is 1. The molecule has 28 heavy (non-hydrogen) atoms. The molecule has 0 unspecified atom stereocenters. The second kappa shape index (κ2) is 7.37. The summed E-state index contributed by atoms with van der Waals surface area (Å²) >= 11 is 3.39. The molecule has 140 valence electrons. The zero-order valence-corrected chi connectivity index (χ0v) is 16.7. The van der Waals surface area contributed by atoms with Crippen LogP contribution >= 0.6 is 22.7 Å². The molecule has 5 rings (SSSR count). The minimum atomic E-state index is -0.155. The van der Waals surface area contributed by atoms with E-state index in [4.69, 9.17) is 9.40 Å². The summed E-state index contributed by atoms with van der Waals surface area (Å²) in [6.07, 6.45) is 9.31. The normalized spacial score (nSPS) is 13.9. The van der Waals surface area contributed by atoms with Crippen molar-refractivity contribution >= 4 is 49.9 Å². The lowest BCUT2D eigenvalue weighted by atomic mass is 9.96. The molecule has 1 N–H and O–H groups in total. The van der Waals surface area contributed by atoms with E-state index in [0.717, 1.165) is 33.9 Å². The predicted molar refractivity (Wildman–Crippen MR) is 116 cm³/mol. The van der Waals surface area contributed by atoms with Crippen molar-refractivity contribution in [3.05, 3.63) is 64.9 Å². The van der Waals surface area contributed by atoms with Crippen LogP contribution in [0, 0.1) is 0 Å². The Morgan fingerprint density at radius 2 is 2.00 bits per heavy atom. The fourth-order valence-corrected chi connectivity index (χ4v) is 5.96. The number of nitrogens with one attached hydrogen (secondary N) is 1. The van der Waals surface area contributed by atoms with Crippen molar-refractivity contribution in [1.82, 2.24) is 4.98 Å². The first-order valence-electron chi connectivity index (χ1n) is 9.31. The van der Waals surface area contributed by atoms with Crippen LogP contribution in [0.15, 0.2) is 53.2 Å². The van der Waals surface area contributed by atoms with E-state index in [0.29, 0.717) is 5.76 Å². The van der Waals surface area contributed by atoms with E-state index in [2.05, 4.69) is 11.4 Å². The second-order valence-electron chi connectivity index (χ2n) is 6.74. The number of anilines is 1. The van der Waals surface area contributed by atoms with Gasteiger partial charge in [0.25, 0.3) is 0 Å².